The summed E-state index contributed by atoms with van der Waals surface area (Å²) in [5, 5.41) is -0.476. The molecule has 1 unspecified atom stereocenters. The van der Waals surface area contributed by atoms with Gasteiger partial charge in [-0.3, -0.25) is 9.59 Å². The Balaban J connectivity index is 1.70. The molecular weight excluding hydrogens is 443 g/mol. The molecule has 0 spiro atoms. The quantitative estimate of drug-likeness (QED) is 0.445. The van der Waals surface area contributed by atoms with Gasteiger partial charge in [0.2, 0.25) is 5.91 Å². The van der Waals surface area contributed by atoms with Gasteiger partial charge in [-0.15, -0.1) is 0 Å². The van der Waals surface area contributed by atoms with Gasteiger partial charge >= 0.3 is 12.1 Å². The van der Waals surface area contributed by atoms with Gasteiger partial charge in [0, 0.05) is 13.1 Å². The minimum absolute atomic E-state index is 0.142. The third kappa shape index (κ3) is 6.05. The molecule has 1 aromatic heterocycles. The maximum absolute atomic E-state index is 13.3. The maximum Gasteiger partial charge on any atom is 0.406 e. The van der Waals surface area contributed by atoms with E-state index < -0.39 is 18.0 Å². The maximum atomic E-state index is 13.3. The van der Waals surface area contributed by atoms with E-state index in [1.165, 1.54) is 6.20 Å². The van der Waals surface area contributed by atoms with Crippen molar-refractivity contribution in [1.29, 1.82) is 0 Å². The molecule has 1 aliphatic rings. The summed E-state index contributed by atoms with van der Waals surface area (Å²) in [6, 6.07) is 8.73. The van der Waals surface area contributed by atoms with E-state index in [4.69, 9.17) is 4.74 Å². The number of halogens is 3. The number of rotatable bonds is 7. The summed E-state index contributed by atoms with van der Waals surface area (Å²) in [5.74, 6) is -0.647. The van der Waals surface area contributed by atoms with Crippen molar-refractivity contribution < 1.29 is 27.5 Å². The molecule has 3 rings (SSSR count). The Kier molecular flexibility index (Phi) is 7.86. The Bertz CT molecular complexity index is 925. The first-order valence-corrected chi connectivity index (χ1v) is 11.4. The Morgan fingerprint density at radius 1 is 1.22 bits per heavy atom. The zero-order chi connectivity index (χ0) is 23.3. The number of amides is 1. The van der Waals surface area contributed by atoms with Crippen LogP contribution in [0.3, 0.4) is 0 Å². The first-order chi connectivity index (χ1) is 15.2. The second-order valence-corrected chi connectivity index (χ2v) is 8.91. The lowest BCUT2D eigenvalue weighted by molar-refractivity contribution is -0.151. The predicted octanol–water partition coefficient (Wildman–Crippen LogP) is 4.39. The smallest absolute Gasteiger partial charge is 0.406 e. The molecule has 1 aliphatic heterocycles. The molecule has 0 saturated carbocycles. The van der Waals surface area contributed by atoms with E-state index >= 15 is 0 Å². The normalized spacial score (nSPS) is 16.1. The van der Waals surface area contributed by atoms with Crippen molar-refractivity contribution in [2.45, 2.75) is 49.8 Å². The monoisotopic (exact) mass is 469 g/mol. The van der Waals surface area contributed by atoms with Crippen LogP contribution in [0.1, 0.15) is 26.7 Å². The van der Waals surface area contributed by atoms with Crippen LogP contribution in [-0.2, 0) is 20.9 Å². The van der Waals surface area contributed by atoms with Crippen LogP contribution >= 0.6 is 11.8 Å². The number of imidazole rings is 1. The molecule has 6 nitrogen and oxygen atoms in total. The zero-order valence-electron chi connectivity index (χ0n) is 18.0. The second-order valence-electron chi connectivity index (χ2n) is 7.61. The summed E-state index contributed by atoms with van der Waals surface area (Å²) in [4.78, 5) is 30.6. The van der Waals surface area contributed by atoms with Crippen molar-refractivity contribution >= 4 is 23.6 Å². The molecule has 1 atom stereocenters. The molecule has 2 heterocycles. The Morgan fingerprint density at radius 3 is 2.47 bits per heavy atom. The number of hydrogen-bond acceptors (Lipinski definition) is 5. The summed E-state index contributed by atoms with van der Waals surface area (Å²) in [6.45, 7) is 3.38. The van der Waals surface area contributed by atoms with Gasteiger partial charge in [-0.05, 0) is 32.3 Å². The molecule has 0 aliphatic carbocycles. The lowest BCUT2D eigenvalue weighted by Crippen LogP contribution is -2.43. The average molecular weight is 470 g/mol. The molecule has 0 N–H and O–H groups in total. The molecule has 1 amide bonds. The Labute approximate surface area is 189 Å². The molecule has 0 bridgehead atoms. The highest BCUT2D eigenvalue weighted by molar-refractivity contribution is 8.00. The number of esters is 1. The zero-order valence-corrected chi connectivity index (χ0v) is 18.8. The van der Waals surface area contributed by atoms with Crippen LogP contribution in [0.5, 0.6) is 0 Å². The number of carbonyl (C=O) groups excluding carboxylic acids is 2. The topological polar surface area (TPSA) is 64.4 Å². The second kappa shape index (κ2) is 10.4. The number of benzene rings is 1. The number of likely N-dealkylation sites (tertiary alicyclic amines) is 1. The van der Waals surface area contributed by atoms with E-state index in [1.54, 1.807) is 49.1 Å². The van der Waals surface area contributed by atoms with Crippen LogP contribution in [0.4, 0.5) is 13.2 Å². The van der Waals surface area contributed by atoms with Crippen LogP contribution in [0.2, 0.25) is 0 Å². The molecule has 32 heavy (non-hydrogen) atoms. The highest BCUT2D eigenvalue weighted by Gasteiger charge is 2.33. The summed E-state index contributed by atoms with van der Waals surface area (Å²) >= 11 is 1.01. The van der Waals surface area contributed by atoms with Gasteiger partial charge in [0.05, 0.1) is 29.7 Å². The van der Waals surface area contributed by atoms with E-state index in [0.717, 1.165) is 16.3 Å². The molecule has 1 saturated heterocycles. The number of thioether (sulfide) groups is 1. The Morgan fingerprint density at radius 2 is 1.88 bits per heavy atom. The molecule has 0 radical (unpaired) electrons. The molecule has 1 fully saturated rings. The van der Waals surface area contributed by atoms with Crippen molar-refractivity contribution in [2.24, 2.45) is 5.92 Å². The van der Waals surface area contributed by atoms with Crippen molar-refractivity contribution in [1.82, 2.24) is 14.5 Å². The van der Waals surface area contributed by atoms with Crippen molar-refractivity contribution in [3.05, 3.63) is 36.5 Å². The van der Waals surface area contributed by atoms with Crippen LogP contribution in [0, 0.1) is 5.92 Å². The fourth-order valence-electron chi connectivity index (χ4n) is 3.69. The number of carbonyl (C=O) groups is 2. The van der Waals surface area contributed by atoms with Crippen LogP contribution in [0.25, 0.3) is 11.3 Å². The summed E-state index contributed by atoms with van der Waals surface area (Å²) in [7, 11) is 0. The standard InChI is InChI=1S/C22H26F3N3O3S/c1-3-31-20(30)17-9-11-27(12-10-17)19(29)15(2)32-21-26-13-18(16-7-5-4-6-8-16)28(21)14-22(23,24)25/h4-8,13,15,17H,3,9-12,14H2,1-2H3. The van der Waals surface area contributed by atoms with Gasteiger partial charge in [-0.25, -0.2) is 4.98 Å². The third-order valence-corrected chi connectivity index (χ3v) is 6.37. The third-order valence-electron chi connectivity index (χ3n) is 5.28. The molecule has 10 heteroatoms. The predicted molar refractivity (Wildman–Crippen MR) is 115 cm³/mol. The molecular formula is C22H26F3N3O3S. The Hall–Kier alpha value is -2.49. The fraction of sp³-hybridized carbons (Fsp3) is 0.500. The van der Waals surface area contributed by atoms with E-state index in [0.29, 0.717) is 43.8 Å². The number of alkyl halides is 3. The van der Waals surface area contributed by atoms with Crippen LogP contribution < -0.4 is 0 Å². The number of aromatic nitrogens is 2. The van der Waals surface area contributed by atoms with Crippen molar-refractivity contribution in [3.63, 3.8) is 0 Å². The summed E-state index contributed by atoms with van der Waals surface area (Å²) in [6.07, 6.45) is -1.99. The van der Waals surface area contributed by atoms with Gasteiger partial charge in [0.25, 0.3) is 0 Å². The van der Waals surface area contributed by atoms with Gasteiger partial charge in [0.1, 0.15) is 6.54 Å². The SMILES string of the molecule is CCOC(=O)C1CCN(C(=O)C(C)Sc2ncc(-c3ccccc3)n2CC(F)(F)F)CC1. The molecule has 174 valence electrons. The summed E-state index contributed by atoms with van der Waals surface area (Å²) in [5.41, 5.74) is 0.969. The lowest BCUT2D eigenvalue weighted by Gasteiger charge is -2.32. The summed E-state index contributed by atoms with van der Waals surface area (Å²) < 4.78 is 46.0. The van der Waals surface area contributed by atoms with Gasteiger partial charge in [0.15, 0.2) is 5.16 Å². The van der Waals surface area contributed by atoms with Crippen LogP contribution in [0.15, 0.2) is 41.7 Å². The van der Waals surface area contributed by atoms with E-state index in [2.05, 4.69) is 4.98 Å². The minimum atomic E-state index is -4.43. The van der Waals surface area contributed by atoms with Crippen molar-refractivity contribution in [2.75, 3.05) is 19.7 Å². The average Bonchev–Trinajstić information content (AvgIpc) is 3.14. The van der Waals surface area contributed by atoms with Crippen molar-refractivity contribution in [3.8, 4) is 11.3 Å². The van der Waals surface area contributed by atoms with E-state index in [-0.39, 0.29) is 23.0 Å². The van der Waals surface area contributed by atoms with Crippen LogP contribution in [-0.4, -0.2) is 57.5 Å². The number of nitrogens with zero attached hydrogens (tertiary/aromatic N) is 3. The number of ether oxygens (including phenoxy) is 1. The number of hydrogen-bond donors (Lipinski definition) is 0. The van der Waals surface area contributed by atoms with E-state index in [1.807, 2.05) is 0 Å². The lowest BCUT2D eigenvalue weighted by atomic mass is 9.97. The van der Waals surface area contributed by atoms with Gasteiger partial charge in [-0.1, -0.05) is 42.1 Å². The molecule has 2 aromatic rings. The van der Waals surface area contributed by atoms with Gasteiger partial charge < -0.3 is 14.2 Å². The highest BCUT2D eigenvalue weighted by Crippen LogP contribution is 2.32. The highest BCUT2D eigenvalue weighted by atomic mass is 32.2. The fourth-order valence-corrected chi connectivity index (χ4v) is 4.66. The van der Waals surface area contributed by atoms with Gasteiger partial charge in [-0.2, -0.15) is 13.2 Å². The largest absolute Gasteiger partial charge is 0.466 e. The van der Waals surface area contributed by atoms with E-state index in [9.17, 15) is 22.8 Å². The number of piperidine rings is 1. The minimum Gasteiger partial charge on any atom is -0.466 e. The molecule has 1 aromatic carbocycles. The first-order valence-electron chi connectivity index (χ1n) is 10.5. The first kappa shape index (κ1) is 24.2.